The Labute approximate surface area is 95.7 Å². The third-order valence-corrected chi connectivity index (χ3v) is 3.41. The lowest BCUT2D eigenvalue weighted by molar-refractivity contribution is 0.332. The van der Waals surface area contributed by atoms with Gasteiger partial charge in [0.1, 0.15) is 0 Å². The number of aryl methyl sites for hydroxylation is 1. The fraction of sp³-hybridized carbons (Fsp3) is 0.462. The van der Waals surface area contributed by atoms with E-state index in [1.165, 1.54) is 37.0 Å². The minimum absolute atomic E-state index is 1.07. The minimum atomic E-state index is 1.07. The van der Waals surface area contributed by atoms with Crippen molar-refractivity contribution in [2.24, 2.45) is 7.05 Å². The number of fused-ring (bicyclic) bond motifs is 1. The fourth-order valence-corrected chi connectivity index (χ4v) is 2.60. The van der Waals surface area contributed by atoms with Crippen LogP contribution in [0.1, 0.15) is 18.4 Å². The van der Waals surface area contributed by atoms with Gasteiger partial charge >= 0.3 is 0 Å². The Bertz CT molecular complexity index is 495. The number of imidazole rings is 1. The maximum atomic E-state index is 4.40. The highest BCUT2D eigenvalue weighted by Gasteiger charge is 2.14. The van der Waals surface area contributed by atoms with Crippen LogP contribution in [0.25, 0.3) is 11.0 Å². The van der Waals surface area contributed by atoms with Gasteiger partial charge < -0.3 is 4.57 Å². The van der Waals surface area contributed by atoms with Gasteiger partial charge in [0, 0.05) is 13.6 Å². The van der Waals surface area contributed by atoms with Gasteiger partial charge in [-0.25, -0.2) is 4.98 Å². The number of likely N-dealkylation sites (tertiary alicyclic amines) is 1. The van der Waals surface area contributed by atoms with Crippen LogP contribution < -0.4 is 0 Å². The van der Waals surface area contributed by atoms with Crippen LogP contribution in [-0.2, 0) is 13.6 Å². The molecule has 0 spiro atoms. The molecule has 3 rings (SSSR count). The molecule has 0 amide bonds. The normalized spacial score (nSPS) is 17.3. The Morgan fingerprint density at radius 1 is 1.25 bits per heavy atom. The molecule has 1 saturated heterocycles. The quantitative estimate of drug-likeness (QED) is 0.765. The van der Waals surface area contributed by atoms with Crippen LogP contribution in [0, 0.1) is 0 Å². The number of para-hydroxylation sites is 1. The third kappa shape index (κ3) is 1.61. The number of nitrogens with zero attached hydrogens (tertiary/aromatic N) is 3. The molecule has 0 N–H and O–H groups in total. The Morgan fingerprint density at radius 3 is 2.88 bits per heavy atom. The van der Waals surface area contributed by atoms with Crippen molar-refractivity contribution in [2.45, 2.75) is 19.4 Å². The zero-order chi connectivity index (χ0) is 11.0. The summed E-state index contributed by atoms with van der Waals surface area (Å²) < 4.78 is 2.13. The molecule has 1 aliphatic rings. The van der Waals surface area contributed by atoms with Gasteiger partial charge in [0.15, 0.2) is 0 Å². The monoisotopic (exact) mass is 215 g/mol. The van der Waals surface area contributed by atoms with E-state index in [1.807, 2.05) is 6.33 Å². The standard InChI is InChI=1S/C13H17N3/c1-15-10-14-12-6-4-5-11(13(12)15)9-16-7-2-3-8-16/h4-6,10H,2-3,7-9H2,1H3. The molecule has 16 heavy (non-hydrogen) atoms. The van der Waals surface area contributed by atoms with Crippen LogP contribution in [0.15, 0.2) is 24.5 Å². The molecular weight excluding hydrogens is 198 g/mol. The molecule has 2 aromatic rings. The highest BCUT2D eigenvalue weighted by Crippen LogP contribution is 2.20. The first kappa shape index (κ1) is 9.85. The summed E-state index contributed by atoms with van der Waals surface area (Å²) >= 11 is 0. The molecule has 0 aliphatic carbocycles. The fourth-order valence-electron chi connectivity index (χ4n) is 2.60. The Morgan fingerprint density at radius 2 is 2.06 bits per heavy atom. The van der Waals surface area contributed by atoms with Gasteiger partial charge in [-0.15, -0.1) is 0 Å². The van der Waals surface area contributed by atoms with E-state index in [1.54, 1.807) is 0 Å². The Kier molecular flexibility index (Phi) is 2.40. The van der Waals surface area contributed by atoms with Crippen molar-refractivity contribution in [3.05, 3.63) is 30.1 Å². The van der Waals surface area contributed by atoms with E-state index in [2.05, 4.69) is 39.7 Å². The molecule has 3 nitrogen and oxygen atoms in total. The third-order valence-electron chi connectivity index (χ3n) is 3.41. The summed E-state index contributed by atoms with van der Waals surface area (Å²) in [5.41, 5.74) is 3.80. The lowest BCUT2D eigenvalue weighted by atomic mass is 10.1. The molecule has 0 radical (unpaired) electrons. The van der Waals surface area contributed by atoms with E-state index in [0.717, 1.165) is 12.1 Å². The molecule has 0 unspecified atom stereocenters. The van der Waals surface area contributed by atoms with Gasteiger partial charge in [-0.2, -0.15) is 0 Å². The molecule has 2 heterocycles. The van der Waals surface area contributed by atoms with Gasteiger partial charge in [0.25, 0.3) is 0 Å². The smallest absolute Gasteiger partial charge is 0.0955 e. The topological polar surface area (TPSA) is 21.1 Å². The molecule has 1 aliphatic heterocycles. The first-order valence-electron chi connectivity index (χ1n) is 5.96. The van der Waals surface area contributed by atoms with Gasteiger partial charge in [-0.3, -0.25) is 4.90 Å². The summed E-state index contributed by atoms with van der Waals surface area (Å²) in [6, 6.07) is 6.42. The highest BCUT2D eigenvalue weighted by molar-refractivity contribution is 5.78. The Hall–Kier alpha value is -1.35. The van der Waals surface area contributed by atoms with E-state index in [-0.39, 0.29) is 0 Å². The molecular formula is C13H17N3. The van der Waals surface area contributed by atoms with Gasteiger partial charge in [0.2, 0.25) is 0 Å². The van der Waals surface area contributed by atoms with Crippen LogP contribution in [-0.4, -0.2) is 27.5 Å². The average Bonchev–Trinajstić information content (AvgIpc) is 2.90. The van der Waals surface area contributed by atoms with Crippen molar-refractivity contribution < 1.29 is 0 Å². The van der Waals surface area contributed by atoms with Gasteiger partial charge in [-0.1, -0.05) is 12.1 Å². The molecule has 0 bridgehead atoms. The van der Waals surface area contributed by atoms with Crippen molar-refractivity contribution in [2.75, 3.05) is 13.1 Å². The minimum Gasteiger partial charge on any atom is -0.333 e. The van der Waals surface area contributed by atoms with Gasteiger partial charge in [-0.05, 0) is 37.6 Å². The zero-order valence-electron chi connectivity index (χ0n) is 9.69. The maximum absolute atomic E-state index is 4.40. The van der Waals surface area contributed by atoms with Crippen LogP contribution >= 0.6 is 0 Å². The highest BCUT2D eigenvalue weighted by atomic mass is 15.1. The average molecular weight is 215 g/mol. The van der Waals surface area contributed by atoms with Crippen molar-refractivity contribution in [1.29, 1.82) is 0 Å². The van der Waals surface area contributed by atoms with Crippen LogP contribution in [0.5, 0.6) is 0 Å². The second-order valence-corrected chi connectivity index (χ2v) is 4.62. The second-order valence-electron chi connectivity index (χ2n) is 4.62. The zero-order valence-corrected chi connectivity index (χ0v) is 9.69. The molecule has 1 fully saturated rings. The van der Waals surface area contributed by atoms with E-state index in [0.29, 0.717) is 0 Å². The van der Waals surface area contributed by atoms with E-state index in [4.69, 9.17) is 0 Å². The molecule has 3 heteroatoms. The van der Waals surface area contributed by atoms with Crippen molar-refractivity contribution in [3.8, 4) is 0 Å². The summed E-state index contributed by atoms with van der Waals surface area (Å²) in [6.45, 7) is 3.55. The summed E-state index contributed by atoms with van der Waals surface area (Å²) in [5, 5.41) is 0. The largest absolute Gasteiger partial charge is 0.333 e. The van der Waals surface area contributed by atoms with Gasteiger partial charge in [0.05, 0.1) is 17.4 Å². The number of hydrogen-bond acceptors (Lipinski definition) is 2. The lowest BCUT2D eigenvalue weighted by Gasteiger charge is -2.15. The second kappa shape index (κ2) is 3.91. The summed E-state index contributed by atoms with van der Waals surface area (Å²) in [5.74, 6) is 0. The van der Waals surface area contributed by atoms with Crippen LogP contribution in [0.2, 0.25) is 0 Å². The predicted octanol–water partition coefficient (Wildman–Crippen LogP) is 2.17. The van der Waals surface area contributed by atoms with Crippen molar-refractivity contribution >= 4 is 11.0 Å². The first-order valence-corrected chi connectivity index (χ1v) is 5.96. The number of hydrogen-bond donors (Lipinski definition) is 0. The molecule has 1 aromatic heterocycles. The maximum Gasteiger partial charge on any atom is 0.0955 e. The first-order chi connectivity index (χ1) is 7.84. The summed E-state index contributed by atoms with van der Waals surface area (Å²) in [6.07, 6.45) is 4.60. The summed E-state index contributed by atoms with van der Waals surface area (Å²) in [7, 11) is 2.07. The molecule has 84 valence electrons. The number of rotatable bonds is 2. The van der Waals surface area contributed by atoms with Crippen molar-refractivity contribution in [1.82, 2.24) is 14.5 Å². The number of benzene rings is 1. The lowest BCUT2D eigenvalue weighted by Crippen LogP contribution is -2.18. The molecule has 0 saturated carbocycles. The Balaban J connectivity index is 1.98. The van der Waals surface area contributed by atoms with E-state index < -0.39 is 0 Å². The van der Waals surface area contributed by atoms with Crippen molar-refractivity contribution in [3.63, 3.8) is 0 Å². The number of aromatic nitrogens is 2. The molecule has 1 aromatic carbocycles. The molecule has 0 atom stereocenters. The van der Waals surface area contributed by atoms with E-state index >= 15 is 0 Å². The predicted molar refractivity (Wildman–Crippen MR) is 65.2 cm³/mol. The van der Waals surface area contributed by atoms with E-state index in [9.17, 15) is 0 Å². The van der Waals surface area contributed by atoms with Crippen LogP contribution in [0.3, 0.4) is 0 Å². The van der Waals surface area contributed by atoms with Crippen LogP contribution in [0.4, 0.5) is 0 Å². The summed E-state index contributed by atoms with van der Waals surface area (Å²) in [4.78, 5) is 6.93. The SMILES string of the molecule is Cn1cnc2cccc(CN3CCCC3)c21.